The van der Waals surface area contributed by atoms with E-state index in [2.05, 4.69) is 5.10 Å². The zero-order valence-electron chi connectivity index (χ0n) is 10.2. The van der Waals surface area contributed by atoms with Crippen molar-refractivity contribution in [3.8, 4) is 0 Å². The molecule has 1 aromatic carbocycles. The summed E-state index contributed by atoms with van der Waals surface area (Å²) in [6, 6.07) is 7.08. The summed E-state index contributed by atoms with van der Waals surface area (Å²) in [5.74, 6) is -0.483. The average Bonchev–Trinajstić information content (AvgIpc) is 2.60. The van der Waals surface area contributed by atoms with E-state index in [1.165, 1.54) is 11.8 Å². The molecule has 1 heterocycles. The summed E-state index contributed by atoms with van der Waals surface area (Å²) in [6.07, 6.45) is 0. The first-order valence-electron chi connectivity index (χ1n) is 5.35. The van der Waals surface area contributed by atoms with Crippen LogP contribution in [0.2, 0.25) is 0 Å². The summed E-state index contributed by atoms with van der Waals surface area (Å²) in [5.41, 5.74) is 12.9. The van der Waals surface area contributed by atoms with Gasteiger partial charge in [-0.1, -0.05) is 11.8 Å². The third-order valence-electron chi connectivity index (χ3n) is 2.44. The van der Waals surface area contributed by atoms with Crippen molar-refractivity contribution in [3.05, 3.63) is 35.5 Å². The normalized spacial score (nSPS) is 10.6. The second-order valence-electron chi connectivity index (χ2n) is 3.97. The Kier molecular flexibility index (Phi) is 3.29. The van der Waals surface area contributed by atoms with E-state index < -0.39 is 5.91 Å². The minimum Gasteiger partial charge on any atom is -0.399 e. The highest BCUT2D eigenvalue weighted by molar-refractivity contribution is 7.99. The number of hydrogen-bond donors (Lipinski definition) is 2. The molecule has 18 heavy (non-hydrogen) atoms. The maximum atomic E-state index is 11.4. The van der Waals surface area contributed by atoms with Crippen molar-refractivity contribution in [3.63, 3.8) is 0 Å². The number of nitrogens with two attached hydrogens (primary N) is 2. The molecule has 1 amide bonds. The molecule has 2 aromatic rings. The summed E-state index contributed by atoms with van der Waals surface area (Å²) >= 11 is 1.44. The standard InChI is InChI=1S/C12H14N4OS/c1-7-5-11(16(2)15-7)18-10-4-3-8(13)6-9(10)12(14)17/h3-6H,13H2,1-2H3,(H2,14,17). The van der Waals surface area contributed by atoms with Gasteiger partial charge in [0.25, 0.3) is 0 Å². The van der Waals surface area contributed by atoms with E-state index in [-0.39, 0.29) is 0 Å². The molecule has 6 heteroatoms. The average molecular weight is 262 g/mol. The Hall–Kier alpha value is -1.95. The molecule has 5 nitrogen and oxygen atoms in total. The maximum absolute atomic E-state index is 11.4. The summed E-state index contributed by atoms with van der Waals surface area (Å²) < 4.78 is 1.77. The molecule has 0 spiro atoms. The summed E-state index contributed by atoms with van der Waals surface area (Å²) in [4.78, 5) is 12.2. The molecule has 0 saturated heterocycles. The van der Waals surface area contributed by atoms with Crippen LogP contribution < -0.4 is 11.5 Å². The van der Waals surface area contributed by atoms with Gasteiger partial charge in [-0.05, 0) is 31.2 Å². The molecule has 0 atom stereocenters. The van der Waals surface area contributed by atoms with Crippen molar-refractivity contribution in [1.29, 1.82) is 0 Å². The van der Waals surface area contributed by atoms with Crippen molar-refractivity contribution in [2.75, 3.05) is 5.73 Å². The van der Waals surface area contributed by atoms with E-state index in [0.717, 1.165) is 15.6 Å². The molecule has 0 aliphatic carbocycles. The molecular formula is C12H14N4OS. The first kappa shape index (κ1) is 12.5. The highest BCUT2D eigenvalue weighted by atomic mass is 32.2. The summed E-state index contributed by atoms with van der Waals surface area (Å²) in [5, 5.41) is 5.20. The number of aromatic nitrogens is 2. The van der Waals surface area contributed by atoms with Crippen LogP contribution in [0.5, 0.6) is 0 Å². The highest BCUT2D eigenvalue weighted by Gasteiger charge is 2.12. The molecule has 0 aliphatic heterocycles. The lowest BCUT2D eigenvalue weighted by molar-refractivity contribution is 0.0997. The third-order valence-corrected chi connectivity index (χ3v) is 3.61. The van der Waals surface area contributed by atoms with Crippen molar-refractivity contribution >= 4 is 23.4 Å². The Morgan fingerprint density at radius 2 is 2.11 bits per heavy atom. The number of primary amides is 1. The Morgan fingerprint density at radius 1 is 1.39 bits per heavy atom. The molecule has 1 aromatic heterocycles. The van der Waals surface area contributed by atoms with Gasteiger partial charge in [-0.25, -0.2) is 0 Å². The van der Waals surface area contributed by atoms with Crippen molar-refractivity contribution in [2.24, 2.45) is 12.8 Å². The molecule has 0 radical (unpaired) electrons. The van der Waals surface area contributed by atoms with Gasteiger partial charge in [0.1, 0.15) is 0 Å². The largest absolute Gasteiger partial charge is 0.399 e. The summed E-state index contributed by atoms with van der Waals surface area (Å²) in [6.45, 7) is 1.92. The topological polar surface area (TPSA) is 86.9 Å². The number of hydrogen-bond acceptors (Lipinski definition) is 4. The molecule has 0 unspecified atom stereocenters. The monoisotopic (exact) mass is 262 g/mol. The molecular weight excluding hydrogens is 248 g/mol. The second-order valence-corrected chi connectivity index (χ2v) is 5.03. The van der Waals surface area contributed by atoms with Gasteiger partial charge < -0.3 is 11.5 Å². The first-order valence-corrected chi connectivity index (χ1v) is 6.17. The lowest BCUT2D eigenvalue weighted by Gasteiger charge is -2.07. The van der Waals surface area contributed by atoms with E-state index >= 15 is 0 Å². The van der Waals surface area contributed by atoms with Crippen LogP contribution in [0, 0.1) is 6.92 Å². The van der Waals surface area contributed by atoms with Crippen LogP contribution in [0.15, 0.2) is 34.2 Å². The van der Waals surface area contributed by atoms with Gasteiger partial charge in [0.15, 0.2) is 0 Å². The minimum atomic E-state index is -0.483. The van der Waals surface area contributed by atoms with Gasteiger partial charge in [-0.15, -0.1) is 0 Å². The molecule has 94 valence electrons. The van der Waals surface area contributed by atoms with E-state index in [1.807, 2.05) is 20.0 Å². The van der Waals surface area contributed by atoms with Gasteiger partial charge in [-0.3, -0.25) is 9.48 Å². The predicted octanol–water partition coefficient (Wildman–Crippen LogP) is 1.56. The molecule has 4 N–H and O–H groups in total. The lowest BCUT2D eigenvalue weighted by atomic mass is 10.2. The fourth-order valence-corrected chi connectivity index (χ4v) is 2.66. The van der Waals surface area contributed by atoms with Crippen LogP contribution in [-0.2, 0) is 7.05 Å². The number of benzene rings is 1. The predicted molar refractivity (Wildman–Crippen MR) is 71.4 cm³/mol. The minimum absolute atomic E-state index is 0.429. The second kappa shape index (κ2) is 4.73. The molecule has 0 fully saturated rings. The highest BCUT2D eigenvalue weighted by Crippen LogP contribution is 2.31. The molecule has 0 aliphatic rings. The van der Waals surface area contributed by atoms with E-state index in [1.54, 1.807) is 22.9 Å². The SMILES string of the molecule is Cc1cc(Sc2ccc(N)cc2C(N)=O)n(C)n1. The van der Waals surface area contributed by atoms with Crippen LogP contribution in [0.3, 0.4) is 0 Å². The quantitative estimate of drug-likeness (QED) is 0.822. The van der Waals surface area contributed by atoms with E-state index in [4.69, 9.17) is 11.5 Å². The van der Waals surface area contributed by atoms with Gasteiger partial charge in [0, 0.05) is 17.6 Å². The maximum Gasteiger partial charge on any atom is 0.249 e. The number of rotatable bonds is 3. The van der Waals surface area contributed by atoms with Crippen LogP contribution in [0.4, 0.5) is 5.69 Å². The fourth-order valence-electron chi connectivity index (χ4n) is 1.62. The van der Waals surface area contributed by atoms with Gasteiger partial charge >= 0.3 is 0 Å². The van der Waals surface area contributed by atoms with Crippen molar-refractivity contribution in [1.82, 2.24) is 9.78 Å². The van der Waals surface area contributed by atoms with Crippen LogP contribution in [0.1, 0.15) is 16.1 Å². The van der Waals surface area contributed by atoms with Crippen LogP contribution in [0.25, 0.3) is 0 Å². The van der Waals surface area contributed by atoms with E-state index in [0.29, 0.717) is 11.3 Å². The Balaban J connectivity index is 2.40. The molecule has 0 bridgehead atoms. The van der Waals surface area contributed by atoms with Crippen molar-refractivity contribution in [2.45, 2.75) is 16.8 Å². The number of anilines is 1. The van der Waals surface area contributed by atoms with E-state index in [9.17, 15) is 4.79 Å². The number of carbonyl (C=O) groups is 1. The molecule has 2 rings (SSSR count). The van der Waals surface area contributed by atoms with Gasteiger partial charge in [0.05, 0.1) is 16.3 Å². The number of carbonyl (C=O) groups excluding carboxylic acids is 1. The zero-order chi connectivity index (χ0) is 13.3. The first-order chi connectivity index (χ1) is 8.47. The number of amides is 1. The molecule has 0 saturated carbocycles. The number of nitrogen functional groups attached to an aromatic ring is 1. The Morgan fingerprint density at radius 3 is 2.67 bits per heavy atom. The fraction of sp³-hybridized carbons (Fsp3) is 0.167. The third kappa shape index (κ3) is 2.48. The number of aryl methyl sites for hydroxylation is 2. The summed E-state index contributed by atoms with van der Waals surface area (Å²) in [7, 11) is 1.86. The zero-order valence-corrected chi connectivity index (χ0v) is 11.0. The Bertz CT molecular complexity index is 606. The number of nitrogens with zero attached hydrogens (tertiary/aromatic N) is 2. The smallest absolute Gasteiger partial charge is 0.249 e. The van der Waals surface area contributed by atoms with Crippen LogP contribution >= 0.6 is 11.8 Å². The van der Waals surface area contributed by atoms with Crippen LogP contribution in [-0.4, -0.2) is 15.7 Å². The Labute approximate surface area is 109 Å². The van der Waals surface area contributed by atoms with Gasteiger partial charge in [-0.2, -0.15) is 5.10 Å². The van der Waals surface area contributed by atoms with Gasteiger partial charge in [0.2, 0.25) is 5.91 Å². The van der Waals surface area contributed by atoms with Crippen molar-refractivity contribution < 1.29 is 4.79 Å². The lowest BCUT2D eigenvalue weighted by Crippen LogP contribution is -2.12.